The van der Waals surface area contributed by atoms with E-state index in [0.29, 0.717) is 0 Å². The van der Waals surface area contributed by atoms with Gasteiger partial charge in [-0.3, -0.25) is 0 Å². The quantitative estimate of drug-likeness (QED) is 0.481. The number of benzene rings is 1. The monoisotopic (exact) mass is 344 g/mol. The molecule has 3 rings (SSSR count). The van der Waals surface area contributed by atoms with Gasteiger partial charge in [0.2, 0.25) is 0 Å². The average molecular weight is 345 g/mol. The summed E-state index contributed by atoms with van der Waals surface area (Å²) >= 11 is -3.10. The molecular weight excluding hydrogens is 330 g/mol. The van der Waals surface area contributed by atoms with Gasteiger partial charge >= 0.3 is 128 Å². The first kappa shape index (κ1) is 14.1. The van der Waals surface area contributed by atoms with Gasteiger partial charge in [-0.05, 0) is 0 Å². The molecule has 0 fully saturated rings. The van der Waals surface area contributed by atoms with Crippen LogP contribution in [-0.2, 0) is 14.5 Å². The van der Waals surface area contributed by atoms with Gasteiger partial charge in [0.25, 0.3) is 0 Å². The molecule has 1 heterocycles. The van der Waals surface area contributed by atoms with Crippen molar-refractivity contribution < 1.29 is 14.5 Å². The molecule has 98 valence electrons. The van der Waals surface area contributed by atoms with Crippen molar-refractivity contribution in [3.8, 4) is 0 Å². The Hall–Kier alpha value is 0.164. The molecule has 0 amide bonds. The van der Waals surface area contributed by atoms with E-state index in [2.05, 4.69) is 62.1 Å². The molecule has 2 unspecified atom stereocenters. The Morgan fingerprint density at radius 1 is 1.26 bits per heavy atom. The van der Waals surface area contributed by atoms with Crippen molar-refractivity contribution in [2.75, 3.05) is 0 Å². The Balaban J connectivity index is 2.04. The molecule has 0 spiro atoms. The fourth-order valence-corrected chi connectivity index (χ4v) is 11.9. The van der Waals surface area contributed by atoms with E-state index < -0.39 is 14.5 Å². The maximum atomic E-state index is 7.01. The SMILES string of the molecule is CC1=C[C](C)([Ti]([Cl])([Cl])[CH]2C=Cc3ccccc32)P=C1. The fourth-order valence-electron chi connectivity index (χ4n) is 2.82. The topological polar surface area (TPSA) is 0 Å². The molecule has 1 aliphatic carbocycles. The summed E-state index contributed by atoms with van der Waals surface area (Å²) in [5, 5.41) is 0. The first-order valence-electron chi connectivity index (χ1n) is 6.34. The van der Waals surface area contributed by atoms with Crippen molar-refractivity contribution >= 4 is 38.7 Å². The van der Waals surface area contributed by atoms with Gasteiger partial charge in [-0.1, -0.05) is 0 Å². The van der Waals surface area contributed by atoms with Crippen LogP contribution in [0.5, 0.6) is 0 Å². The fraction of sp³-hybridized carbons (Fsp3) is 0.267. The Morgan fingerprint density at radius 2 is 2.00 bits per heavy atom. The Morgan fingerprint density at radius 3 is 2.68 bits per heavy atom. The van der Waals surface area contributed by atoms with Crippen LogP contribution in [0.2, 0.25) is 0 Å². The number of rotatable bonds is 2. The number of hydrogen-bond acceptors (Lipinski definition) is 0. The van der Waals surface area contributed by atoms with E-state index in [1.165, 1.54) is 24.9 Å². The number of allylic oxidation sites excluding steroid dienone is 3. The van der Waals surface area contributed by atoms with Crippen LogP contribution in [-0.4, -0.2) is 9.26 Å². The van der Waals surface area contributed by atoms with Crippen molar-refractivity contribution in [1.82, 2.24) is 0 Å². The molecule has 0 aromatic heterocycles. The Bertz CT molecular complexity index is 618. The Kier molecular flexibility index (Phi) is 3.61. The summed E-state index contributed by atoms with van der Waals surface area (Å²) in [6, 6.07) is 8.45. The van der Waals surface area contributed by atoms with Gasteiger partial charge < -0.3 is 0 Å². The van der Waals surface area contributed by atoms with Crippen LogP contribution in [0.3, 0.4) is 0 Å². The third kappa shape index (κ3) is 2.23. The molecule has 0 radical (unpaired) electrons. The van der Waals surface area contributed by atoms with E-state index in [1.807, 2.05) is 0 Å². The second-order valence-corrected chi connectivity index (χ2v) is 17.7. The summed E-state index contributed by atoms with van der Waals surface area (Å²) in [6.45, 7) is 4.35. The first-order chi connectivity index (χ1) is 8.94. The molecule has 0 N–H and O–H groups in total. The van der Waals surface area contributed by atoms with Crippen LogP contribution < -0.4 is 0 Å². The van der Waals surface area contributed by atoms with Gasteiger partial charge in [-0.15, -0.1) is 0 Å². The van der Waals surface area contributed by atoms with E-state index in [0.717, 1.165) is 0 Å². The van der Waals surface area contributed by atoms with Crippen molar-refractivity contribution in [2.45, 2.75) is 21.5 Å². The average Bonchev–Trinajstić information content (AvgIpc) is 2.94. The van der Waals surface area contributed by atoms with Crippen LogP contribution in [0, 0.1) is 0 Å². The Labute approximate surface area is 127 Å². The second kappa shape index (κ2) is 4.87. The summed E-state index contributed by atoms with van der Waals surface area (Å²) < 4.78 is 0.173. The number of fused-ring (bicyclic) bond motifs is 1. The van der Waals surface area contributed by atoms with E-state index in [1.54, 1.807) is 0 Å². The molecule has 1 aromatic carbocycles. The van der Waals surface area contributed by atoms with E-state index in [4.69, 9.17) is 18.6 Å². The van der Waals surface area contributed by atoms with Crippen LogP contribution in [0.25, 0.3) is 6.08 Å². The second-order valence-electron chi connectivity index (χ2n) is 5.38. The predicted molar refractivity (Wildman–Crippen MR) is 85.1 cm³/mol. The minimum absolute atomic E-state index is 0.0559. The maximum absolute atomic E-state index is 7.01. The van der Waals surface area contributed by atoms with Gasteiger partial charge in [0, 0.05) is 0 Å². The zero-order valence-electron chi connectivity index (χ0n) is 10.9. The molecule has 2 atom stereocenters. The molecule has 1 aliphatic heterocycles. The molecule has 19 heavy (non-hydrogen) atoms. The van der Waals surface area contributed by atoms with Crippen LogP contribution >= 0.6 is 26.8 Å². The van der Waals surface area contributed by atoms with Crippen molar-refractivity contribution in [3.63, 3.8) is 0 Å². The molecule has 1 aromatic rings. The van der Waals surface area contributed by atoms with Gasteiger partial charge in [0.1, 0.15) is 0 Å². The van der Waals surface area contributed by atoms with Crippen LogP contribution in [0.1, 0.15) is 29.2 Å². The molecule has 0 nitrogen and oxygen atoms in total. The standard InChI is InChI=1S/C9H7.C6H8P.2ClH.Ti/c1-2-5-9-7-3-6-8(9)4-1;1-5-3-6(2)7-4-5;;;/h1-7H;3-4H,1-2H3;2*1H;/q;;;;+2/p-2. The normalized spacial score (nSPS) is 29.5. The first-order valence-corrected chi connectivity index (χ1v) is 13.3. The summed E-state index contributed by atoms with van der Waals surface area (Å²) in [7, 11) is 15.3. The summed E-state index contributed by atoms with van der Waals surface area (Å²) in [5.74, 6) is 2.23. The van der Waals surface area contributed by atoms with E-state index in [9.17, 15) is 0 Å². The van der Waals surface area contributed by atoms with Gasteiger partial charge in [-0.25, -0.2) is 0 Å². The van der Waals surface area contributed by atoms with Crippen molar-refractivity contribution in [3.05, 3.63) is 53.1 Å². The molecule has 4 heteroatoms. The molecular formula is C15H15Cl2PTi. The zero-order chi connectivity index (χ0) is 13.7. The molecule has 2 aliphatic rings. The van der Waals surface area contributed by atoms with Gasteiger partial charge in [0.05, 0.1) is 0 Å². The van der Waals surface area contributed by atoms with Crippen molar-refractivity contribution in [2.24, 2.45) is 0 Å². The molecule has 0 bridgehead atoms. The van der Waals surface area contributed by atoms with E-state index in [-0.39, 0.29) is 7.68 Å². The third-order valence-electron chi connectivity index (χ3n) is 3.91. The zero-order valence-corrected chi connectivity index (χ0v) is 14.9. The van der Waals surface area contributed by atoms with Crippen molar-refractivity contribution in [1.29, 1.82) is 0 Å². The predicted octanol–water partition coefficient (Wildman–Crippen LogP) is 5.64. The number of halogens is 2. The summed E-state index contributed by atoms with van der Waals surface area (Å²) in [6.07, 6.45) is 6.66. The van der Waals surface area contributed by atoms with Gasteiger partial charge in [0.15, 0.2) is 0 Å². The summed E-state index contributed by atoms with van der Waals surface area (Å²) in [5.41, 5.74) is 3.88. The van der Waals surface area contributed by atoms with Gasteiger partial charge in [-0.2, -0.15) is 0 Å². The van der Waals surface area contributed by atoms with Crippen LogP contribution in [0.4, 0.5) is 0 Å². The molecule has 0 saturated carbocycles. The molecule has 0 saturated heterocycles. The van der Waals surface area contributed by atoms with Crippen LogP contribution in [0.15, 0.2) is 42.0 Å². The summed E-state index contributed by atoms with van der Waals surface area (Å²) in [4.78, 5) is 0. The minimum atomic E-state index is -3.10. The third-order valence-corrected chi connectivity index (χ3v) is 17.8. The number of hydrogen-bond donors (Lipinski definition) is 0. The van der Waals surface area contributed by atoms with E-state index >= 15 is 0 Å².